The van der Waals surface area contributed by atoms with E-state index in [2.05, 4.69) is 11.9 Å². The van der Waals surface area contributed by atoms with E-state index >= 15 is 0 Å². The van der Waals surface area contributed by atoms with Crippen molar-refractivity contribution < 1.29 is 8.78 Å². The summed E-state index contributed by atoms with van der Waals surface area (Å²) < 4.78 is 28.5. The third-order valence-corrected chi connectivity index (χ3v) is 2.81. The molecule has 0 fully saturated rings. The molecular weight excluding hydrogens is 236 g/mol. The Balaban J connectivity index is 2.39. The van der Waals surface area contributed by atoms with Gasteiger partial charge < -0.3 is 10.3 Å². The van der Waals surface area contributed by atoms with Crippen LogP contribution in [0.4, 0.5) is 14.6 Å². The van der Waals surface area contributed by atoms with Crippen molar-refractivity contribution in [2.45, 2.75) is 26.3 Å². The highest BCUT2D eigenvalue weighted by molar-refractivity contribution is 5.70. The minimum absolute atomic E-state index is 0.0998. The molecule has 0 saturated carbocycles. The molecule has 96 valence electrons. The maximum Gasteiger partial charge on any atom is 0.132 e. The first kappa shape index (κ1) is 12.5. The summed E-state index contributed by atoms with van der Waals surface area (Å²) in [6.07, 6.45) is 3.55. The molecule has 2 N–H and O–H groups in total. The van der Waals surface area contributed by atoms with Gasteiger partial charge in [0.05, 0.1) is 6.33 Å². The second-order valence-electron chi connectivity index (χ2n) is 4.15. The van der Waals surface area contributed by atoms with Crippen LogP contribution in [0.2, 0.25) is 0 Å². The lowest BCUT2D eigenvalue weighted by Gasteiger charge is -2.05. The quantitative estimate of drug-likeness (QED) is 0.906. The average Bonchev–Trinajstić information content (AvgIpc) is 2.71. The van der Waals surface area contributed by atoms with E-state index in [0.717, 1.165) is 37.6 Å². The molecule has 0 saturated heterocycles. The highest BCUT2D eigenvalue weighted by Crippen LogP contribution is 2.27. The first-order valence-electron chi connectivity index (χ1n) is 5.89. The van der Waals surface area contributed by atoms with Crippen LogP contribution in [0.15, 0.2) is 24.5 Å². The van der Waals surface area contributed by atoms with Crippen LogP contribution in [0, 0.1) is 11.6 Å². The lowest BCUT2D eigenvalue weighted by molar-refractivity contribution is 0.602. The first-order chi connectivity index (χ1) is 8.63. The summed E-state index contributed by atoms with van der Waals surface area (Å²) in [5, 5.41) is 0. The number of hydrogen-bond acceptors (Lipinski definition) is 2. The van der Waals surface area contributed by atoms with E-state index < -0.39 is 11.6 Å². The van der Waals surface area contributed by atoms with Crippen LogP contribution in [0.3, 0.4) is 0 Å². The number of aromatic nitrogens is 2. The summed E-state index contributed by atoms with van der Waals surface area (Å²) in [4.78, 5) is 4.07. The molecule has 5 heteroatoms. The fourth-order valence-electron chi connectivity index (χ4n) is 1.78. The third kappa shape index (κ3) is 2.34. The first-order valence-corrected chi connectivity index (χ1v) is 5.89. The van der Waals surface area contributed by atoms with Gasteiger partial charge in [0.15, 0.2) is 0 Å². The van der Waals surface area contributed by atoms with E-state index in [1.54, 1.807) is 10.9 Å². The van der Waals surface area contributed by atoms with E-state index in [1.807, 2.05) is 0 Å². The summed E-state index contributed by atoms with van der Waals surface area (Å²) in [7, 11) is 0. The van der Waals surface area contributed by atoms with Crippen molar-refractivity contribution in [1.82, 2.24) is 9.55 Å². The zero-order chi connectivity index (χ0) is 13.1. The van der Waals surface area contributed by atoms with Gasteiger partial charge in [0, 0.05) is 12.1 Å². The van der Waals surface area contributed by atoms with Crippen LogP contribution in [0.25, 0.3) is 11.3 Å². The van der Waals surface area contributed by atoms with Gasteiger partial charge in [-0.05, 0) is 24.6 Å². The van der Waals surface area contributed by atoms with E-state index in [-0.39, 0.29) is 5.56 Å². The van der Waals surface area contributed by atoms with Crippen molar-refractivity contribution in [2.24, 2.45) is 0 Å². The number of rotatable bonds is 4. The molecule has 0 aliphatic rings. The van der Waals surface area contributed by atoms with Gasteiger partial charge in [-0.1, -0.05) is 13.3 Å². The van der Waals surface area contributed by atoms with Crippen molar-refractivity contribution in [3.63, 3.8) is 0 Å². The number of halogens is 2. The number of hydrogen-bond donors (Lipinski definition) is 1. The van der Waals surface area contributed by atoms with Gasteiger partial charge in [-0.2, -0.15) is 0 Å². The van der Waals surface area contributed by atoms with Crippen molar-refractivity contribution in [3.8, 4) is 11.3 Å². The van der Waals surface area contributed by atoms with Gasteiger partial charge in [-0.25, -0.2) is 13.8 Å². The van der Waals surface area contributed by atoms with Gasteiger partial charge in [0.1, 0.15) is 23.1 Å². The van der Waals surface area contributed by atoms with E-state index in [0.29, 0.717) is 11.5 Å². The minimum Gasteiger partial charge on any atom is -0.383 e. The highest BCUT2D eigenvalue weighted by Gasteiger charge is 2.14. The van der Waals surface area contributed by atoms with Crippen LogP contribution in [0.5, 0.6) is 0 Å². The van der Waals surface area contributed by atoms with E-state index in [1.165, 1.54) is 0 Å². The number of anilines is 1. The van der Waals surface area contributed by atoms with Crippen molar-refractivity contribution in [1.29, 1.82) is 0 Å². The third-order valence-electron chi connectivity index (χ3n) is 2.81. The maximum atomic E-state index is 13.6. The molecule has 2 rings (SSSR count). The fourth-order valence-corrected chi connectivity index (χ4v) is 1.78. The van der Waals surface area contributed by atoms with Gasteiger partial charge in [0.2, 0.25) is 0 Å². The molecule has 3 nitrogen and oxygen atoms in total. The Kier molecular flexibility index (Phi) is 3.60. The fraction of sp³-hybridized carbons (Fsp3) is 0.308. The molecule has 2 aromatic rings. The van der Waals surface area contributed by atoms with Crippen LogP contribution in [-0.4, -0.2) is 9.55 Å². The van der Waals surface area contributed by atoms with Crippen molar-refractivity contribution in [3.05, 3.63) is 36.2 Å². The molecule has 1 aromatic heterocycles. The van der Waals surface area contributed by atoms with Crippen LogP contribution in [0.1, 0.15) is 19.8 Å². The van der Waals surface area contributed by atoms with Gasteiger partial charge in [-0.15, -0.1) is 0 Å². The van der Waals surface area contributed by atoms with Crippen molar-refractivity contribution in [2.75, 3.05) is 5.73 Å². The standard InChI is InChI=1S/C13H15F2N3/c1-2-3-6-18-8-17-12(13(18)16)10-7-9(14)4-5-11(10)15/h4-5,7-8H,2-3,6,16H2,1H3. The predicted molar refractivity (Wildman–Crippen MR) is 66.9 cm³/mol. The SMILES string of the molecule is CCCCn1cnc(-c2cc(F)ccc2F)c1N. The number of nitrogen functional groups attached to an aromatic ring is 1. The number of imidazole rings is 1. The number of benzene rings is 1. The molecule has 0 spiro atoms. The number of nitrogens with two attached hydrogens (primary N) is 1. The second-order valence-corrected chi connectivity index (χ2v) is 4.15. The Morgan fingerprint density at radius 1 is 1.33 bits per heavy atom. The average molecular weight is 251 g/mol. The summed E-state index contributed by atoms with van der Waals surface area (Å²) in [6.45, 7) is 2.80. The molecular formula is C13H15F2N3. The summed E-state index contributed by atoms with van der Waals surface area (Å²) in [6, 6.07) is 3.26. The second kappa shape index (κ2) is 5.16. The van der Waals surface area contributed by atoms with Gasteiger partial charge in [-0.3, -0.25) is 0 Å². The van der Waals surface area contributed by atoms with Gasteiger partial charge in [0.25, 0.3) is 0 Å². The van der Waals surface area contributed by atoms with Crippen LogP contribution >= 0.6 is 0 Å². The number of unbranched alkanes of at least 4 members (excludes halogenated alkanes) is 1. The molecule has 0 amide bonds. The molecule has 0 aliphatic heterocycles. The van der Waals surface area contributed by atoms with Gasteiger partial charge >= 0.3 is 0 Å². The Morgan fingerprint density at radius 2 is 2.11 bits per heavy atom. The molecule has 1 heterocycles. The molecule has 0 aliphatic carbocycles. The Hall–Kier alpha value is -1.91. The molecule has 0 atom stereocenters. The number of aryl methyl sites for hydroxylation is 1. The Bertz CT molecular complexity index is 549. The Labute approximate surface area is 104 Å². The summed E-state index contributed by atoms with van der Waals surface area (Å²) in [5.74, 6) is -0.661. The number of nitrogens with zero attached hydrogens (tertiary/aromatic N) is 2. The monoisotopic (exact) mass is 251 g/mol. The normalized spacial score (nSPS) is 10.8. The van der Waals surface area contributed by atoms with Crippen molar-refractivity contribution >= 4 is 5.82 Å². The molecule has 0 radical (unpaired) electrons. The minimum atomic E-state index is -0.524. The molecule has 0 unspecified atom stereocenters. The van der Waals surface area contributed by atoms with E-state index in [9.17, 15) is 8.78 Å². The van der Waals surface area contributed by atoms with Crippen LogP contribution in [-0.2, 0) is 6.54 Å². The maximum absolute atomic E-state index is 13.6. The summed E-state index contributed by atoms with van der Waals surface area (Å²) >= 11 is 0. The highest BCUT2D eigenvalue weighted by atomic mass is 19.1. The summed E-state index contributed by atoms with van der Waals surface area (Å²) in [5.41, 5.74) is 6.30. The smallest absolute Gasteiger partial charge is 0.132 e. The predicted octanol–water partition coefficient (Wildman–Crippen LogP) is 3.21. The lowest BCUT2D eigenvalue weighted by Crippen LogP contribution is -2.02. The molecule has 0 bridgehead atoms. The van der Waals surface area contributed by atoms with E-state index in [4.69, 9.17) is 5.73 Å². The lowest BCUT2D eigenvalue weighted by atomic mass is 10.1. The largest absolute Gasteiger partial charge is 0.383 e. The zero-order valence-electron chi connectivity index (χ0n) is 10.2. The topological polar surface area (TPSA) is 43.8 Å². The molecule has 18 heavy (non-hydrogen) atoms. The zero-order valence-corrected chi connectivity index (χ0v) is 10.2. The van der Waals surface area contributed by atoms with Crippen LogP contribution < -0.4 is 5.73 Å². The molecule has 1 aromatic carbocycles. The Morgan fingerprint density at radius 3 is 2.83 bits per heavy atom.